The predicted molar refractivity (Wildman–Crippen MR) is 65.0 cm³/mol. The van der Waals surface area contributed by atoms with E-state index in [1.54, 1.807) is 17.4 Å². The molecule has 4 heteroatoms. The summed E-state index contributed by atoms with van der Waals surface area (Å²) in [6.07, 6.45) is 0.808. The first-order valence-corrected chi connectivity index (χ1v) is 5.86. The van der Waals surface area contributed by atoms with Gasteiger partial charge in [0.1, 0.15) is 0 Å². The summed E-state index contributed by atoms with van der Waals surface area (Å²) in [6.45, 7) is 0.616. The Hall–Kier alpha value is -1.70. The summed E-state index contributed by atoms with van der Waals surface area (Å²) in [5, 5.41) is 11.9. The van der Waals surface area contributed by atoms with E-state index in [4.69, 9.17) is 11.0 Å². The molecule has 0 unspecified atom stereocenters. The highest BCUT2D eigenvalue weighted by molar-refractivity contribution is 7.09. The molecule has 0 spiro atoms. The van der Waals surface area contributed by atoms with Crippen LogP contribution in [0.3, 0.4) is 0 Å². The highest BCUT2D eigenvalue weighted by atomic mass is 32.1. The molecule has 0 atom stereocenters. The van der Waals surface area contributed by atoms with Gasteiger partial charge in [-0.3, -0.25) is 0 Å². The quantitative estimate of drug-likeness (QED) is 0.877. The number of rotatable bonds is 3. The molecule has 1 heterocycles. The van der Waals surface area contributed by atoms with Crippen molar-refractivity contribution in [2.24, 2.45) is 5.73 Å². The van der Waals surface area contributed by atoms with Crippen LogP contribution in [0.25, 0.3) is 11.3 Å². The van der Waals surface area contributed by atoms with E-state index in [2.05, 4.69) is 11.1 Å². The molecule has 0 saturated carbocycles. The van der Waals surface area contributed by atoms with Crippen LogP contribution in [0.1, 0.15) is 10.6 Å². The lowest BCUT2D eigenvalue weighted by Gasteiger charge is -1.96. The lowest BCUT2D eigenvalue weighted by Crippen LogP contribution is -2.01. The first-order valence-electron chi connectivity index (χ1n) is 4.98. The molecule has 0 radical (unpaired) electrons. The lowest BCUT2D eigenvalue weighted by molar-refractivity contribution is 0.954. The topological polar surface area (TPSA) is 62.7 Å². The monoisotopic (exact) mass is 229 g/mol. The molecule has 0 amide bonds. The molecule has 1 aromatic carbocycles. The third-order valence-electron chi connectivity index (χ3n) is 2.20. The van der Waals surface area contributed by atoms with Crippen molar-refractivity contribution in [1.82, 2.24) is 4.98 Å². The van der Waals surface area contributed by atoms with Gasteiger partial charge in [0.25, 0.3) is 0 Å². The SMILES string of the molecule is N#Cc1cccc(-c2csc(CCN)n2)c1. The number of benzene rings is 1. The molecule has 80 valence electrons. The van der Waals surface area contributed by atoms with Crippen molar-refractivity contribution in [3.8, 4) is 17.3 Å². The van der Waals surface area contributed by atoms with Crippen LogP contribution in [-0.2, 0) is 6.42 Å². The van der Waals surface area contributed by atoms with E-state index in [1.165, 1.54) is 0 Å². The van der Waals surface area contributed by atoms with Gasteiger partial charge in [-0.25, -0.2) is 4.98 Å². The Morgan fingerprint density at radius 3 is 3.06 bits per heavy atom. The van der Waals surface area contributed by atoms with E-state index in [0.29, 0.717) is 12.1 Å². The van der Waals surface area contributed by atoms with Gasteiger partial charge in [-0.05, 0) is 18.7 Å². The van der Waals surface area contributed by atoms with Crippen LogP contribution in [0.2, 0.25) is 0 Å². The van der Waals surface area contributed by atoms with E-state index >= 15 is 0 Å². The van der Waals surface area contributed by atoms with E-state index in [1.807, 2.05) is 23.6 Å². The summed E-state index contributed by atoms with van der Waals surface area (Å²) in [5.74, 6) is 0. The third-order valence-corrected chi connectivity index (χ3v) is 3.11. The summed E-state index contributed by atoms with van der Waals surface area (Å²) in [5.41, 5.74) is 8.04. The Morgan fingerprint density at radius 2 is 2.31 bits per heavy atom. The van der Waals surface area contributed by atoms with Gasteiger partial charge < -0.3 is 5.73 Å². The summed E-state index contributed by atoms with van der Waals surface area (Å²) in [6, 6.07) is 9.59. The second kappa shape index (κ2) is 4.88. The molecule has 0 saturated heterocycles. The van der Waals surface area contributed by atoms with E-state index in [-0.39, 0.29) is 0 Å². The standard InChI is InChI=1S/C12H11N3S/c13-5-4-12-15-11(8-16-12)10-3-1-2-9(6-10)7-14/h1-3,6,8H,4-5,13H2. The Kier molecular flexibility index (Phi) is 3.30. The smallest absolute Gasteiger partial charge is 0.0991 e. The summed E-state index contributed by atoms with van der Waals surface area (Å²) in [4.78, 5) is 4.47. The zero-order valence-electron chi connectivity index (χ0n) is 8.68. The van der Waals surface area contributed by atoms with Crippen LogP contribution in [0.15, 0.2) is 29.6 Å². The molecule has 2 aromatic rings. The highest BCUT2D eigenvalue weighted by Gasteiger charge is 2.04. The van der Waals surface area contributed by atoms with E-state index in [9.17, 15) is 0 Å². The second-order valence-corrected chi connectivity index (χ2v) is 4.30. The van der Waals surface area contributed by atoms with E-state index < -0.39 is 0 Å². The summed E-state index contributed by atoms with van der Waals surface area (Å²) in [7, 11) is 0. The van der Waals surface area contributed by atoms with E-state index in [0.717, 1.165) is 22.7 Å². The number of hydrogen-bond acceptors (Lipinski definition) is 4. The minimum atomic E-state index is 0.616. The van der Waals surface area contributed by atoms with Crippen LogP contribution >= 0.6 is 11.3 Å². The molecule has 0 aliphatic rings. The molecule has 0 fully saturated rings. The van der Waals surface area contributed by atoms with Crippen LogP contribution < -0.4 is 5.73 Å². The first-order chi connectivity index (χ1) is 7.83. The van der Waals surface area contributed by atoms with Gasteiger partial charge in [-0.1, -0.05) is 12.1 Å². The maximum absolute atomic E-state index is 8.81. The van der Waals surface area contributed by atoms with Crippen molar-refractivity contribution in [2.45, 2.75) is 6.42 Å². The molecule has 0 aliphatic heterocycles. The molecule has 16 heavy (non-hydrogen) atoms. The average molecular weight is 229 g/mol. The van der Waals surface area contributed by atoms with Gasteiger partial charge in [0.2, 0.25) is 0 Å². The van der Waals surface area contributed by atoms with Crippen LogP contribution in [0.5, 0.6) is 0 Å². The molecule has 0 bridgehead atoms. The van der Waals surface area contributed by atoms with Gasteiger partial charge >= 0.3 is 0 Å². The Balaban J connectivity index is 2.32. The van der Waals surface area contributed by atoms with Crippen LogP contribution in [0, 0.1) is 11.3 Å². The van der Waals surface area contributed by atoms with Crippen LogP contribution in [0.4, 0.5) is 0 Å². The van der Waals surface area contributed by atoms with Crippen molar-refractivity contribution < 1.29 is 0 Å². The van der Waals surface area contributed by atoms with Gasteiger partial charge in [-0.2, -0.15) is 5.26 Å². The molecular weight excluding hydrogens is 218 g/mol. The summed E-state index contributed by atoms with van der Waals surface area (Å²) >= 11 is 1.61. The van der Waals surface area contributed by atoms with Gasteiger partial charge in [-0.15, -0.1) is 11.3 Å². The first kappa shape index (κ1) is 10.8. The Bertz CT molecular complexity index is 525. The fraction of sp³-hybridized carbons (Fsp3) is 0.167. The van der Waals surface area contributed by atoms with Crippen molar-refractivity contribution in [3.05, 3.63) is 40.2 Å². The number of nitrogens with two attached hydrogens (primary N) is 1. The van der Waals surface area contributed by atoms with Crippen molar-refractivity contribution >= 4 is 11.3 Å². The second-order valence-electron chi connectivity index (χ2n) is 3.36. The molecular formula is C12H11N3S. The van der Waals surface area contributed by atoms with Crippen molar-refractivity contribution in [2.75, 3.05) is 6.54 Å². The third kappa shape index (κ3) is 2.27. The maximum Gasteiger partial charge on any atom is 0.0991 e. The van der Waals surface area contributed by atoms with Crippen LogP contribution in [-0.4, -0.2) is 11.5 Å². The zero-order valence-corrected chi connectivity index (χ0v) is 9.50. The zero-order chi connectivity index (χ0) is 11.4. The normalized spacial score (nSPS) is 10.0. The highest BCUT2D eigenvalue weighted by Crippen LogP contribution is 2.22. The number of nitriles is 1. The molecule has 2 N–H and O–H groups in total. The largest absolute Gasteiger partial charge is 0.330 e. The number of nitrogens with zero attached hydrogens (tertiary/aromatic N) is 2. The Morgan fingerprint density at radius 1 is 1.44 bits per heavy atom. The number of thiazole rings is 1. The number of hydrogen-bond donors (Lipinski definition) is 1. The molecule has 3 nitrogen and oxygen atoms in total. The Labute approximate surface area is 98.2 Å². The molecule has 1 aromatic heterocycles. The molecule has 2 rings (SSSR count). The fourth-order valence-electron chi connectivity index (χ4n) is 1.43. The minimum Gasteiger partial charge on any atom is -0.330 e. The maximum atomic E-state index is 8.81. The fourth-order valence-corrected chi connectivity index (χ4v) is 2.25. The number of aromatic nitrogens is 1. The average Bonchev–Trinajstić information content (AvgIpc) is 2.78. The van der Waals surface area contributed by atoms with Gasteiger partial charge in [0.15, 0.2) is 0 Å². The molecule has 0 aliphatic carbocycles. The van der Waals surface area contributed by atoms with Crippen molar-refractivity contribution in [3.63, 3.8) is 0 Å². The lowest BCUT2D eigenvalue weighted by atomic mass is 10.1. The van der Waals surface area contributed by atoms with Gasteiger partial charge in [0.05, 0.1) is 22.3 Å². The minimum absolute atomic E-state index is 0.616. The summed E-state index contributed by atoms with van der Waals surface area (Å²) < 4.78 is 0. The van der Waals surface area contributed by atoms with Gasteiger partial charge in [0, 0.05) is 17.4 Å². The predicted octanol–water partition coefficient (Wildman–Crippen LogP) is 2.18. The van der Waals surface area contributed by atoms with Crippen molar-refractivity contribution in [1.29, 1.82) is 5.26 Å².